The number of hydrogen-bond acceptors (Lipinski definition) is 2. The van der Waals surface area contributed by atoms with Crippen molar-refractivity contribution in [3.05, 3.63) is 64.7 Å². The van der Waals surface area contributed by atoms with E-state index < -0.39 is 11.7 Å². The normalized spacial score (nSPS) is 13.7. The molecule has 2 aromatic carbocycles. The molecule has 1 aliphatic rings. The summed E-state index contributed by atoms with van der Waals surface area (Å²) in [7, 11) is 0. The zero-order chi connectivity index (χ0) is 17.2. The number of fused-ring (bicyclic) bond motifs is 1. The molecule has 122 valence electrons. The lowest BCUT2D eigenvalue weighted by Crippen LogP contribution is -2.24. The van der Waals surface area contributed by atoms with Gasteiger partial charge in [-0.15, -0.1) is 0 Å². The van der Waals surface area contributed by atoms with Crippen molar-refractivity contribution in [1.29, 1.82) is 0 Å². The molecule has 24 heavy (non-hydrogen) atoms. The van der Waals surface area contributed by atoms with Gasteiger partial charge in [0.05, 0.1) is 17.7 Å². The first kappa shape index (κ1) is 15.9. The number of carbonyl (C=O) groups excluding carboxylic acids is 1. The Bertz CT molecular complexity index is 830. The second-order valence-corrected chi connectivity index (χ2v) is 5.14. The van der Waals surface area contributed by atoms with E-state index in [0.29, 0.717) is 35.6 Å². The summed E-state index contributed by atoms with van der Waals surface area (Å²) in [5.74, 6) is 5.89. The summed E-state index contributed by atoms with van der Waals surface area (Å²) in [5, 5.41) is 2.70. The quantitative estimate of drug-likeness (QED) is 0.753. The van der Waals surface area contributed by atoms with E-state index in [9.17, 15) is 18.0 Å². The van der Waals surface area contributed by atoms with Crippen molar-refractivity contribution < 1.29 is 22.7 Å². The highest BCUT2D eigenvalue weighted by atomic mass is 19.4. The molecule has 0 fully saturated rings. The second-order valence-electron chi connectivity index (χ2n) is 5.14. The molecule has 0 radical (unpaired) electrons. The van der Waals surface area contributed by atoms with Gasteiger partial charge < -0.3 is 10.1 Å². The molecule has 0 saturated heterocycles. The summed E-state index contributed by atoms with van der Waals surface area (Å²) >= 11 is 0. The molecule has 0 atom stereocenters. The van der Waals surface area contributed by atoms with Gasteiger partial charge in [-0.25, -0.2) is 0 Å². The number of rotatable bonds is 0. The highest BCUT2D eigenvalue weighted by Crippen LogP contribution is 2.29. The summed E-state index contributed by atoms with van der Waals surface area (Å²) in [6.07, 6.45) is -4.36. The van der Waals surface area contributed by atoms with Crippen LogP contribution < -0.4 is 10.1 Å². The van der Waals surface area contributed by atoms with Gasteiger partial charge in [-0.2, -0.15) is 13.2 Å². The van der Waals surface area contributed by atoms with E-state index in [2.05, 4.69) is 17.2 Å². The third kappa shape index (κ3) is 3.51. The monoisotopic (exact) mass is 331 g/mol. The smallest absolute Gasteiger partial charge is 0.416 e. The fourth-order valence-electron chi connectivity index (χ4n) is 2.22. The maximum Gasteiger partial charge on any atom is 0.416 e. The lowest BCUT2D eigenvalue weighted by Gasteiger charge is -2.05. The van der Waals surface area contributed by atoms with E-state index in [4.69, 9.17) is 4.74 Å². The number of benzene rings is 2. The maximum atomic E-state index is 12.5. The van der Waals surface area contributed by atoms with Gasteiger partial charge in [0.25, 0.3) is 5.91 Å². The van der Waals surface area contributed by atoms with Crippen molar-refractivity contribution >= 4 is 5.91 Å². The molecular formula is C18H12F3NO2. The Morgan fingerprint density at radius 1 is 1.00 bits per heavy atom. The molecule has 3 rings (SSSR count). The first-order valence-electron chi connectivity index (χ1n) is 7.18. The zero-order valence-electron chi connectivity index (χ0n) is 12.4. The van der Waals surface area contributed by atoms with Gasteiger partial charge in [-0.3, -0.25) is 4.79 Å². The number of ether oxygens (including phenoxy) is 1. The Hall–Kier alpha value is -2.94. The van der Waals surface area contributed by atoms with Gasteiger partial charge in [0.1, 0.15) is 12.4 Å². The molecule has 2 aromatic rings. The number of alkyl halides is 3. The molecule has 0 saturated carbocycles. The molecule has 0 bridgehead atoms. The zero-order valence-corrected chi connectivity index (χ0v) is 12.4. The van der Waals surface area contributed by atoms with Crippen LogP contribution in [0.3, 0.4) is 0 Å². The SMILES string of the molecule is O=C1NCCOc2ccc(C#Cc3ccc(C(F)(F)F)cc3)cc21. The van der Waals surface area contributed by atoms with Gasteiger partial charge in [0, 0.05) is 11.1 Å². The Balaban J connectivity index is 1.85. The lowest BCUT2D eigenvalue weighted by atomic mass is 10.1. The fraction of sp³-hybridized carbons (Fsp3) is 0.167. The molecule has 1 amide bonds. The topological polar surface area (TPSA) is 38.3 Å². The van der Waals surface area contributed by atoms with Gasteiger partial charge in [-0.1, -0.05) is 11.8 Å². The second kappa shape index (κ2) is 6.28. The molecular weight excluding hydrogens is 319 g/mol. The summed E-state index contributed by atoms with van der Waals surface area (Å²) in [6, 6.07) is 9.58. The molecule has 0 aliphatic carbocycles. The van der Waals surface area contributed by atoms with Crippen LogP contribution in [-0.4, -0.2) is 19.1 Å². The maximum absolute atomic E-state index is 12.5. The van der Waals surface area contributed by atoms with Crippen molar-refractivity contribution in [3.8, 4) is 17.6 Å². The van der Waals surface area contributed by atoms with Crippen LogP contribution >= 0.6 is 0 Å². The van der Waals surface area contributed by atoms with Crippen molar-refractivity contribution in [2.24, 2.45) is 0 Å². The van der Waals surface area contributed by atoms with Gasteiger partial charge in [0.2, 0.25) is 0 Å². The van der Waals surface area contributed by atoms with Crippen molar-refractivity contribution in [1.82, 2.24) is 5.32 Å². The summed E-state index contributed by atoms with van der Waals surface area (Å²) in [6.45, 7) is 0.829. The Morgan fingerprint density at radius 2 is 1.67 bits per heavy atom. The van der Waals surface area contributed by atoms with Crippen LogP contribution in [-0.2, 0) is 6.18 Å². The number of carbonyl (C=O) groups is 1. The van der Waals surface area contributed by atoms with Crippen molar-refractivity contribution in [2.75, 3.05) is 13.2 Å². The van der Waals surface area contributed by atoms with Crippen LogP contribution in [0.15, 0.2) is 42.5 Å². The predicted octanol–water partition coefficient (Wildman–Crippen LogP) is 3.23. The number of nitrogens with one attached hydrogen (secondary N) is 1. The number of amides is 1. The van der Waals surface area contributed by atoms with Crippen LogP contribution in [0.4, 0.5) is 13.2 Å². The summed E-state index contributed by atoms with van der Waals surface area (Å²) in [4.78, 5) is 11.9. The lowest BCUT2D eigenvalue weighted by molar-refractivity contribution is -0.137. The highest BCUT2D eigenvalue weighted by molar-refractivity contribution is 5.97. The van der Waals surface area contributed by atoms with Gasteiger partial charge in [-0.05, 0) is 42.5 Å². The molecule has 6 heteroatoms. The highest BCUT2D eigenvalue weighted by Gasteiger charge is 2.29. The predicted molar refractivity (Wildman–Crippen MR) is 81.7 cm³/mol. The van der Waals surface area contributed by atoms with Crippen LogP contribution in [0.5, 0.6) is 5.75 Å². The minimum Gasteiger partial charge on any atom is -0.491 e. The summed E-state index contributed by atoms with van der Waals surface area (Å²) < 4.78 is 43.0. The molecule has 1 heterocycles. The van der Waals surface area contributed by atoms with Gasteiger partial charge >= 0.3 is 6.18 Å². The average Bonchev–Trinajstić information content (AvgIpc) is 2.74. The van der Waals surface area contributed by atoms with Crippen molar-refractivity contribution in [3.63, 3.8) is 0 Å². The molecule has 0 unspecified atom stereocenters. The Labute approximate surface area is 136 Å². The minimum atomic E-state index is -4.36. The first-order chi connectivity index (χ1) is 11.4. The Kier molecular flexibility index (Phi) is 4.17. The van der Waals surface area contributed by atoms with E-state index >= 15 is 0 Å². The number of hydrogen-bond donors (Lipinski definition) is 1. The number of halogens is 3. The van der Waals surface area contributed by atoms with Gasteiger partial charge in [0.15, 0.2) is 0 Å². The molecule has 3 nitrogen and oxygen atoms in total. The van der Waals surface area contributed by atoms with E-state index in [0.717, 1.165) is 12.1 Å². The third-order valence-electron chi connectivity index (χ3n) is 3.43. The van der Waals surface area contributed by atoms with Crippen molar-refractivity contribution in [2.45, 2.75) is 6.18 Å². The fourth-order valence-corrected chi connectivity index (χ4v) is 2.22. The molecule has 1 N–H and O–H groups in total. The summed E-state index contributed by atoms with van der Waals surface area (Å²) in [5.41, 5.74) is 0.714. The van der Waals surface area contributed by atoms with E-state index in [1.807, 2.05) is 0 Å². The molecule has 1 aliphatic heterocycles. The average molecular weight is 331 g/mol. The van der Waals surface area contributed by atoms with Crippen LogP contribution in [0.25, 0.3) is 0 Å². The Morgan fingerprint density at radius 3 is 2.38 bits per heavy atom. The van der Waals surface area contributed by atoms with Crippen LogP contribution in [0.1, 0.15) is 27.0 Å². The molecule has 0 spiro atoms. The molecule has 0 aromatic heterocycles. The largest absolute Gasteiger partial charge is 0.491 e. The van der Waals surface area contributed by atoms with E-state index in [1.165, 1.54) is 12.1 Å². The van der Waals surface area contributed by atoms with Crippen LogP contribution in [0, 0.1) is 11.8 Å². The van der Waals surface area contributed by atoms with Crippen LogP contribution in [0.2, 0.25) is 0 Å². The first-order valence-corrected chi connectivity index (χ1v) is 7.18. The van der Waals surface area contributed by atoms with E-state index in [1.54, 1.807) is 18.2 Å². The van der Waals surface area contributed by atoms with E-state index in [-0.39, 0.29) is 5.91 Å². The third-order valence-corrected chi connectivity index (χ3v) is 3.43. The standard InChI is InChI=1S/C18H12F3NO2/c19-18(20,21)14-6-3-12(4-7-14)1-2-13-5-8-16-15(11-13)17(23)22-9-10-24-16/h3-8,11H,9-10H2,(H,22,23). The minimum absolute atomic E-state index is 0.235.